The summed E-state index contributed by atoms with van der Waals surface area (Å²) in [6, 6.07) is 0.833. The van der Waals surface area contributed by atoms with E-state index in [0.717, 1.165) is 6.42 Å². The van der Waals surface area contributed by atoms with E-state index in [9.17, 15) is 0 Å². The van der Waals surface area contributed by atoms with Crippen LogP contribution in [0.25, 0.3) is 0 Å². The van der Waals surface area contributed by atoms with Crippen LogP contribution in [-0.4, -0.2) is 23.8 Å². The molecule has 14 heavy (non-hydrogen) atoms. The van der Waals surface area contributed by atoms with Crippen LogP contribution in [0.4, 0.5) is 0 Å². The highest BCUT2D eigenvalue weighted by molar-refractivity contribution is 4.69. The zero-order valence-corrected chi connectivity index (χ0v) is 10.1. The van der Waals surface area contributed by atoms with Crippen LogP contribution in [0.3, 0.4) is 0 Å². The smallest absolute Gasteiger partial charge is 0.0584 e. The average Bonchev–Trinajstić information content (AvgIpc) is 2.21. The summed E-state index contributed by atoms with van der Waals surface area (Å²) in [5.41, 5.74) is 0. The van der Waals surface area contributed by atoms with Crippen molar-refractivity contribution in [2.75, 3.05) is 6.61 Å². The highest BCUT2D eigenvalue weighted by Crippen LogP contribution is 2.06. The van der Waals surface area contributed by atoms with Crippen LogP contribution in [0.5, 0.6) is 0 Å². The van der Waals surface area contributed by atoms with Crippen molar-refractivity contribution in [2.45, 2.75) is 71.4 Å². The minimum Gasteiger partial charge on any atom is -0.395 e. The molecule has 0 heterocycles. The van der Waals surface area contributed by atoms with E-state index in [0.29, 0.717) is 6.04 Å². The van der Waals surface area contributed by atoms with Crippen molar-refractivity contribution in [3.05, 3.63) is 0 Å². The molecule has 0 aromatic heterocycles. The van der Waals surface area contributed by atoms with E-state index in [4.69, 9.17) is 5.11 Å². The number of aliphatic hydroxyl groups is 1. The maximum Gasteiger partial charge on any atom is 0.0584 e. The first kappa shape index (κ1) is 13.9. The lowest BCUT2D eigenvalue weighted by atomic mass is 10.1. The SMILES string of the molecule is CCCCCC[C@@H](C)N[C@H](CC)CO. The maximum atomic E-state index is 9.02. The molecular formula is C12H27NO. The number of aliphatic hydroxyl groups excluding tert-OH is 1. The number of rotatable bonds is 9. The summed E-state index contributed by atoms with van der Waals surface area (Å²) in [6.45, 7) is 6.82. The van der Waals surface area contributed by atoms with E-state index < -0.39 is 0 Å². The molecule has 0 spiro atoms. The van der Waals surface area contributed by atoms with Gasteiger partial charge in [0.1, 0.15) is 0 Å². The molecule has 2 heteroatoms. The first-order valence-corrected chi connectivity index (χ1v) is 6.11. The molecule has 0 unspecified atom stereocenters. The van der Waals surface area contributed by atoms with Gasteiger partial charge in [0.25, 0.3) is 0 Å². The summed E-state index contributed by atoms with van der Waals surface area (Å²) in [6.07, 6.45) is 7.55. The van der Waals surface area contributed by atoms with Gasteiger partial charge < -0.3 is 10.4 Å². The van der Waals surface area contributed by atoms with Crippen molar-refractivity contribution in [1.82, 2.24) is 5.32 Å². The Kier molecular flexibility index (Phi) is 9.42. The van der Waals surface area contributed by atoms with Crippen LogP contribution in [0.15, 0.2) is 0 Å². The molecule has 0 aliphatic heterocycles. The van der Waals surface area contributed by atoms with Crippen molar-refractivity contribution >= 4 is 0 Å². The molecule has 0 aliphatic carbocycles. The van der Waals surface area contributed by atoms with E-state index in [1.54, 1.807) is 0 Å². The Morgan fingerprint density at radius 2 is 1.86 bits per heavy atom. The van der Waals surface area contributed by atoms with Gasteiger partial charge in [0, 0.05) is 12.1 Å². The zero-order chi connectivity index (χ0) is 10.8. The van der Waals surface area contributed by atoms with E-state index >= 15 is 0 Å². The molecular weight excluding hydrogens is 174 g/mol. The first-order chi connectivity index (χ1) is 6.74. The lowest BCUT2D eigenvalue weighted by Crippen LogP contribution is -2.38. The molecule has 0 fully saturated rings. The Bertz CT molecular complexity index is 113. The van der Waals surface area contributed by atoms with Crippen LogP contribution in [0.2, 0.25) is 0 Å². The lowest BCUT2D eigenvalue weighted by molar-refractivity contribution is 0.227. The third-order valence-corrected chi connectivity index (χ3v) is 2.72. The topological polar surface area (TPSA) is 32.3 Å². The van der Waals surface area contributed by atoms with Crippen LogP contribution in [-0.2, 0) is 0 Å². The predicted molar refractivity (Wildman–Crippen MR) is 62.5 cm³/mol. The van der Waals surface area contributed by atoms with E-state index in [2.05, 4.69) is 26.1 Å². The van der Waals surface area contributed by atoms with Crippen molar-refractivity contribution in [1.29, 1.82) is 0 Å². The summed E-state index contributed by atoms with van der Waals surface area (Å²) in [4.78, 5) is 0. The Labute approximate surface area is 89.1 Å². The van der Waals surface area contributed by atoms with E-state index in [1.165, 1.54) is 32.1 Å². The molecule has 0 saturated carbocycles. The molecule has 0 amide bonds. The maximum absolute atomic E-state index is 9.02. The van der Waals surface area contributed by atoms with Gasteiger partial charge >= 0.3 is 0 Å². The third-order valence-electron chi connectivity index (χ3n) is 2.72. The fraction of sp³-hybridized carbons (Fsp3) is 1.00. The quantitative estimate of drug-likeness (QED) is 0.562. The molecule has 0 rings (SSSR count). The number of hydrogen-bond donors (Lipinski definition) is 2. The van der Waals surface area contributed by atoms with Gasteiger partial charge in [0.2, 0.25) is 0 Å². The zero-order valence-electron chi connectivity index (χ0n) is 10.1. The van der Waals surface area contributed by atoms with Gasteiger partial charge in [-0.05, 0) is 19.8 Å². The van der Waals surface area contributed by atoms with Crippen LogP contribution in [0.1, 0.15) is 59.3 Å². The molecule has 0 radical (unpaired) electrons. The molecule has 86 valence electrons. The third kappa shape index (κ3) is 7.34. The lowest BCUT2D eigenvalue weighted by Gasteiger charge is -2.20. The highest BCUT2D eigenvalue weighted by atomic mass is 16.3. The van der Waals surface area contributed by atoms with Gasteiger partial charge in [-0.25, -0.2) is 0 Å². The van der Waals surface area contributed by atoms with E-state index in [-0.39, 0.29) is 12.6 Å². The predicted octanol–water partition coefficient (Wildman–Crippen LogP) is 2.71. The fourth-order valence-electron chi connectivity index (χ4n) is 1.66. The van der Waals surface area contributed by atoms with Crippen LogP contribution in [0, 0.1) is 0 Å². The molecule has 2 atom stereocenters. The molecule has 0 aromatic rings. The Balaban J connectivity index is 3.38. The minimum atomic E-state index is 0.260. The molecule has 0 aromatic carbocycles. The second-order valence-corrected chi connectivity index (χ2v) is 4.20. The highest BCUT2D eigenvalue weighted by Gasteiger charge is 2.08. The fourth-order valence-corrected chi connectivity index (χ4v) is 1.66. The summed E-state index contributed by atoms with van der Waals surface area (Å²) < 4.78 is 0. The molecule has 0 aliphatic rings. The number of hydrogen-bond acceptors (Lipinski definition) is 2. The molecule has 0 bridgehead atoms. The molecule has 0 saturated heterocycles. The Morgan fingerprint density at radius 1 is 1.14 bits per heavy atom. The van der Waals surface area contributed by atoms with Crippen LogP contribution >= 0.6 is 0 Å². The van der Waals surface area contributed by atoms with Crippen molar-refractivity contribution < 1.29 is 5.11 Å². The Hall–Kier alpha value is -0.0800. The van der Waals surface area contributed by atoms with Gasteiger partial charge in [-0.1, -0.05) is 39.5 Å². The molecule has 2 N–H and O–H groups in total. The second kappa shape index (κ2) is 9.47. The average molecular weight is 201 g/mol. The van der Waals surface area contributed by atoms with Crippen LogP contribution < -0.4 is 5.32 Å². The van der Waals surface area contributed by atoms with Crippen molar-refractivity contribution in [3.8, 4) is 0 Å². The normalized spacial score (nSPS) is 15.4. The Morgan fingerprint density at radius 3 is 2.36 bits per heavy atom. The van der Waals surface area contributed by atoms with Gasteiger partial charge in [-0.2, -0.15) is 0 Å². The van der Waals surface area contributed by atoms with E-state index in [1.807, 2.05) is 0 Å². The first-order valence-electron chi connectivity index (χ1n) is 6.11. The van der Waals surface area contributed by atoms with Crippen molar-refractivity contribution in [3.63, 3.8) is 0 Å². The number of unbranched alkanes of at least 4 members (excludes halogenated alkanes) is 3. The van der Waals surface area contributed by atoms with Crippen molar-refractivity contribution in [2.24, 2.45) is 0 Å². The van der Waals surface area contributed by atoms with Gasteiger partial charge in [-0.15, -0.1) is 0 Å². The second-order valence-electron chi connectivity index (χ2n) is 4.20. The monoisotopic (exact) mass is 201 g/mol. The summed E-state index contributed by atoms with van der Waals surface area (Å²) in [5.74, 6) is 0. The van der Waals surface area contributed by atoms with Gasteiger partial charge in [0.05, 0.1) is 6.61 Å². The summed E-state index contributed by atoms with van der Waals surface area (Å²) in [7, 11) is 0. The molecule has 2 nitrogen and oxygen atoms in total. The largest absolute Gasteiger partial charge is 0.395 e. The van der Waals surface area contributed by atoms with Gasteiger partial charge in [-0.3, -0.25) is 0 Å². The standard InChI is InChI=1S/C12H27NO/c1-4-6-7-8-9-11(3)13-12(5-2)10-14/h11-14H,4-10H2,1-3H3/t11-,12-/m1/s1. The minimum absolute atomic E-state index is 0.260. The summed E-state index contributed by atoms with van der Waals surface area (Å²) in [5, 5.41) is 12.5. The number of nitrogens with one attached hydrogen (secondary N) is 1. The summed E-state index contributed by atoms with van der Waals surface area (Å²) >= 11 is 0. The van der Waals surface area contributed by atoms with Gasteiger partial charge in [0.15, 0.2) is 0 Å².